The lowest BCUT2D eigenvalue weighted by atomic mass is 10.1. The van der Waals surface area contributed by atoms with Crippen molar-refractivity contribution in [3.05, 3.63) is 35.2 Å². The number of pyridine rings is 1. The molecule has 3 heterocycles. The number of amides is 2. The molecule has 3 rings (SSSR count). The summed E-state index contributed by atoms with van der Waals surface area (Å²) >= 11 is 1.58. The van der Waals surface area contributed by atoms with Crippen LogP contribution < -0.4 is 15.5 Å². The Morgan fingerprint density at radius 3 is 2.80 bits per heavy atom. The van der Waals surface area contributed by atoms with Gasteiger partial charge in [0.25, 0.3) is 0 Å². The predicted molar refractivity (Wildman–Crippen MR) is 105 cm³/mol. The normalized spacial score (nSPS) is 17.7. The molecule has 0 aromatic carbocycles. The molecule has 1 atom stereocenters. The molecule has 7 heteroatoms. The number of rotatable bonds is 4. The van der Waals surface area contributed by atoms with Crippen LogP contribution in [0.25, 0.3) is 0 Å². The van der Waals surface area contributed by atoms with Crippen molar-refractivity contribution in [1.82, 2.24) is 9.88 Å². The van der Waals surface area contributed by atoms with E-state index in [-0.39, 0.29) is 6.03 Å². The van der Waals surface area contributed by atoms with E-state index in [9.17, 15) is 4.79 Å². The van der Waals surface area contributed by atoms with Gasteiger partial charge in [-0.25, -0.2) is 9.78 Å². The standard InChI is InChI=1S/C18H25N5OS/c1-22(2)17-6-5-15(12-19-17)20-14-4-3-9-23(10-7-14)18(24)21-16-8-11-25-13-16/h5-6,8,11-14,20H,3-4,7,9-10H2,1-2H3,(H,21,24)/t14-/m0/s1. The monoisotopic (exact) mass is 359 g/mol. The maximum absolute atomic E-state index is 12.4. The summed E-state index contributed by atoms with van der Waals surface area (Å²) in [6, 6.07) is 6.37. The largest absolute Gasteiger partial charge is 0.381 e. The van der Waals surface area contributed by atoms with Crippen LogP contribution in [0.1, 0.15) is 19.3 Å². The lowest BCUT2D eigenvalue weighted by Gasteiger charge is -2.21. The van der Waals surface area contributed by atoms with E-state index in [0.29, 0.717) is 6.04 Å². The highest BCUT2D eigenvalue weighted by Gasteiger charge is 2.20. The molecule has 0 radical (unpaired) electrons. The number of thiophene rings is 1. The van der Waals surface area contributed by atoms with Crippen LogP contribution in [0.2, 0.25) is 0 Å². The van der Waals surface area contributed by atoms with Crippen molar-refractivity contribution < 1.29 is 4.79 Å². The number of anilines is 3. The maximum Gasteiger partial charge on any atom is 0.321 e. The molecule has 0 aliphatic carbocycles. The van der Waals surface area contributed by atoms with Gasteiger partial charge in [0.05, 0.1) is 17.6 Å². The Bertz CT molecular complexity index is 671. The Balaban J connectivity index is 1.51. The summed E-state index contributed by atoms with van der Waals surface area (Å²) < 4.78 is 0. The van der Waals surface area contributed by atoms with Crippen LogP contribution in [0, 0.1) is 0 Å². The summed E-state index contributed by atoms with van der Waals surface area (Å²) in [6.07, 6.45) is 4.86. The second-order valence-corrected chi connectivity index (χ2v) is 7.28. The third-order valence-corrected chi connectivity index (χ3v) is 5.05. The van der Waals surface area contributed by atoms with E-state index >= 15 is 0 Å². The lowest BCUT2D eigenvalue weighted by molar-refractivity contribution is 0.213. The van der Waals surface area contributed by atoms with E-state index < -0.39 is 0 Å². The summed E-state index contributed by atoms with van der Waals surface area (Å²) in [5, 5.41) is 10.4. The van der Waals surface area contributed by atoms with Crippen LogP contribution in [-0.4, -0.2) is 49.1 Å². The van der Waals surface area contributed by atoms with Crippen LogP contribution in [0.3, 0.4) is 0 Å². The molecular formula is C18H25N5OS. The molecule has 1 aliphatic heterocycles. The van der Waals surface area contributed by atoms with Crippen molar-refractivity contribution in [1.29, 1.82) is 0 Å². The quantitative estimate of drug-likeness (QED) is 0.874. The minimum atomic E-state index is -0.00366. The third-order valence-electron chi connectivity index (χ3n) is 4.36. The van der Waals surface area contributed by atoms with Gasteiger partial charge in [-0.1, -0.05) is 0 Å². The van der Waals surface area contributed by atoms with E-state index in [4.69, 9.17) is 0 Å². The van der Waals surface area contributed by atoms with Crippen molar-refractivity contribution in [3.63, 3.8) is 0 Å². The summed E-state index contributed by atoms with van der Waals surface area (Å²) in [6.45, 7) is 1.56. The second kappa shape index (κ2) is 8.20. The lowest BCUT2D eigenvalue weighted by Crippen LogP contribution is -2.36. The Labute approximate surface area is 152 Å². The second-order valence-electron chi connectivity index (χ2n) is 6.50. The van der Waals surface area contributed by atoms with E-state index in [1.54, 1.807) is 11.3 Å². The summed E-state index contributed by atoms with van der Waals surface area (Å²) in [5.74, 6) is 0.947. The number of hydrogen-bond acceptors (Lipinski definition) is 5. The van der Waals surface area contributed by atoms with Gasteiger partial charge in [0.1, 0.15) is 5.82 Å². The van der Waals surface area contributed by atoms with Crippen LogP contribution >= 0.6 is 11.3 Å². The number of carbonyl (C=O) groups is 1. The minimum Gasteiger partial charge on any atom is -0.381 e. The first-order chi connectivity index (χ1) is 12.1. The van der Waals surface area contributed by atoms with Gasteiger partial charge < -0.3 is 20.4 Å². The highest BCUT2D eigenvalue weighted by atomic mass is 32.1. The van der Waals surface area contributed by atoms with Gasteiger partial charge in [0.15, 0.2) is 0 Å². The SMILES string of the molecule is CN(C)c1ccc(N[C@H]2CCCN(C(=O)Nc3ccsc3)CC2)cn1. The summed E-state index contributed by atoms with van der Waals surface area (Å²) in [4.78, 5) is 20.7. The number of nitrogens with zero attached hydrogens (tertiary/aromatic N) is 3. The molecule has 0 spiro atoms. The molecule has 0 saturated carbocycles. The van der Waals surface area contributed by atoms with Gasteiger partial charge in [-0.05, 0) is 42.8 Å². The van der Waals surface area contributed by atoms with Gasteiger partial charge >= 0.3 is 6.03 Å². The number of urea groups is 1. The molecular weight excluding hydrogens is 334 g/mol. The Morgan fingerprint density at radius 1 is 1.24 bits per heavy atom. The molecule has 1 saturated heterocycles. The molecule has 2 aromatic heterocycles. The topological polar surface area (TPSA) is 60.5 Å². The minimum absolute atomic E-state index is 0.00366. The zero-order chi connectivity index (χ0) is 17.6. The van der Waals surface area contributed by atoms with E-state index in [1.807, 2.05) is 53.0 Å². The number of hydrogen-bond donors (Lipinski definition) is 2. The molecule has 2 amide bonds. The van der Waals surface area contributed by atoms with Crippen molar-refractivity contribution in [2.45, 2.75) is 25.3 Å². The van der Waals surface area contributed by atoms with Gasteiger partial charge in [0, 0.05) is 38.6 Å². The number of aromatic nitrogens is 1. The fourth-order valence-corrected chi connectivity index (χ4v) is 3.54. The molecule has 2 N–H and O–H groups in total. The van der Waals surface area contributed by atoms with E-state index in [0.717, 1.165) is 49.5 Å². The third kappa shape index (κ3) is 4.85. The smallest absolute Gasteiger partial charge is 0.321 e. The highest BCUT2D eigenvalue weighted by molar-refractivity contribution is 7.08. The van der Waals surface area contributed by atoms with Crippen molar-refractivity contribution in [3.8, 4) is 0 Å². The maximum atomic E-state index is 12.4. The number of carbonyl (C=O) groups excluding carboxylic acids is 1. The summed E-state index contributed by atoms with van der Waals surface area (Å²) in [5.41, 5.74) is 1.91. The average Bonchev–Trinajstić information content (AvgIpc) is 2.99. The zero-order valence-corrected chi connectivity index (χ0v) is 15.6. The van der Waals surface area contributed by atoms with Crippen molar-refractivity contribution in [2.75, 3.05) is 42.7 Å². The van der Waals surface area contributed by atoms with Crippen LogP contribution in [0.5, 0.6) is 0 Å². The first-order valence-corrected chi connectivity index (χ1v) is 9.54. The van der Waals surface area contributed by atoms with E-state index in [1.165, 1.54) is 0 Å². The summed E-state index contributed by atoms with van der Waals surface area (Å²) in [7, 11) is 3.97. The molecule has 1 aliphatic rings. The molecule has 1 fully saturated rings. The Kier molecular flexibility index (Phi) is 5.75. The molecule has 25 heavy (non-hydrogen) atoms. The Morgan fingerprint density at radius 2 is 2.12 bits per heavy atom. The first-order valence-electron chi connectivity index (χ1n) is 8.60. The fraction of sp³-hybridized carbons (Fsp3) is 0.444. The van der Waals surface area contributed by atoms with Gasteiger partial charge in [-0.3, -0.25) is 0 Å². The molecule has 0 unspecified atom stereocenters. The molecule has 2 aromatic rings. The Hall–Kier alpha value is -2.28. The highest BCUT2D eigenvalue weighted by Crippen LogP contribution is 2.19. The van der Waals surface area contributed by atoms with Gasteiger partial charge in [0.2, 0.25) is 0 Å². The van der Waals surface area contributed by atoms with E-state index in [2.05, 4.69) is 21.7 Å². The predicted octanol–water partition coefficient (Wildman–Crippen LogP) is 3.71. The number of likely N-dealkylation sites (tertiary alicyclic amines) is 1. The first kappa shape index (κ1) is 17.5. The van der Waals surface area contributed by atoms with Crippen molar-refractivity contribution >= 4 is 34.6 Å². The number of nitrogens with one attached hydrogen (secondary N) is 2. The average molecular weight is 359 g/mol. The van der Waals surface area contributed by atoms with Crippen LogP contribution in [0.15, 0.2) is 35.2 Å². The molecule has 134 valence electrons. The fourth-order valence-electron chi connectivity index (χ4n) is 2.95. The zero-order valence-electron chi connectivity index (χ0n) is 14.7. The van der Waals surface area contributed by atoms with Gasteiger partial charge in [-0.15, -0.1) is 0 Å². The molecule has 6 nitrogen and oxygen atoms in total. The van der Waals surface area contributed by atoms with Gasteiger partial charge in [-0.2, -0.15) is 11.3 Å². The molecule has 0 bridgehead atoms. The van der Waals surface area contributed by atoms with Crippen molar-refractivity contribution in [2.24, 2.45) is 0 Å². The van der Waals surface area contributed by atoms with Crippen LogP contribution in [0.4, 0.5) is 22.0 Å². The van der Waals surface area contributed by atoms with Crippen LogP contribution in [-0.2, 0) is 0 Å².